The molecule has 0 aromatic carbocycles. The SMILES string of the molecule is CC(C)[C@@H](NC(=O)OC(C)(C)C)C(=O)N1CCC[C@@H](CN(c2ncc(B3OC(C)(C)C(C)(C)O3)cn2)C(C)C)C1. The Hall–Kier alpha value is -2.40. The van der Waals surface area contributed by atoms with E-state index in [0.29, 0.717) is 19.0 Å². The van der Waals surface area contributed by atoms with Crippen molar-refractivity contribution in [2.24, 2.45) is 11.8 Å². The van der Waals surface area contributed by atoms with E-state index in [4.69, 9.17) is 14.0 Å². The van der Waals surface area contributed by atoms with Crippen molar-refractivity contribution >= 4 is 30.5 Å². The van der Waals surface area contributed by atoms with E-state index in [2.05, 4.69) is 34.0 Å². The minimum absolute atomic E-state index is 0.0651. The molecule has 2 aliphatic rings. The van der Waals surface area contributed by atoms with E-state index in [1.54, 1.807) is 12.4 Å². The molecule has 1 N–H and O–H groups in total. The van der Waals surface area contributed by atoms with E-state index in [9.17, 15) is 9.59 Å². The summed E-state index contributed by atoms with van der Waals surface area (Å²) in [4.78, 5) is 39.4. The Balaban J connectivity index is 1.66. The second kappa shape index (κ2) is 12.2. The van der Waals surface area contributed by atoms with Crippen LogP contribution in [0.1, 0.15) is 89.0 Å². The molecule has 1 aromatic heterocycles. The number of aromatic nitrogens is 2. The van der Waals surface area contributed by atoms with Gasteiger partial charge < -0.3 is 29.2 Å². The van der Waals surface area contributed by atoms with Crippen molar-refractivity contribution in [2.75, 3.05) is 24.5 Å². The molecule has 0 saturated carbocycles. The van der Waals surface area contributed by atoms with Crippen LogP contribution in [0.3, 0.4) is 0 Å². The molecule has 11 heteroatoms. The van der Waals surface area contributed by atoms with Crippen molar-refractivity contribution in [1.82, 2.24) is 20.2 Å². The quantitative estimate of drug-likeness (QED) is 0.480. The Kier molecular flexibility index (Phi) is 9.82. The van der Waals surface area contributed by atoms with E-state index in [1.807, 2.05) is 67.2 Å². The van der Waals surface area contributed by atoms with Gasteiger partial charge >= 0.3 is 13.2 Å². The van der Waals surface area contributed by atoms with Gasteiger partial charge in [0.05, 0.1) is 11.2 Å². The highest BCUT2D eigenvalue weighted by Gasteiger charge is 2.52. The fraction of sp³-hybridized carbons (Fsp3) is 0.793. The van der Waals surface area contributed by atoms with E-state index in [1.165, 1.54) is 0 Å². The number of alkyl carbamates (subject to hydrolysis) is 1. The Labute approximate surface area is 241 Å². The van der Waals surface area contributed by atoms with Crippen LogP contribution in [0.5, 0.6) is 0 Å². The van der Waals surface area contributed by atoms with Crippen molar-refractivity contribution < 1.29 is 23.6 Å². The highest BCUT2D eigenvalue weighted by Crippen LogP contribution is 2.36. The molecular formula is C29H50BN5O5. The Morgan fingerprint density at radius 1 is 1.12 bits per heavy atom. The fourth-order valence-corrected chi connectivity index (χ4v) is 4.94. The van der Waals surface area contributed by atoms with Gasteiger partial charge in [-0.15, -0.1) is 0 Å². The lowest BCUT2D eigenvalue weighted by Gasteiger charge is -2.39. The number of hydrogen-bond acceptors (Lipinski definition) is 8. The summed E-state index contributed by atoms with van der Waals surface area (Å²) in [5.74, 6) is 0.763. The summed E-state index contributed by atoms with van der Waals surface area (Å²) in [6.45, 7) is 23.7. The third kappa shape index (κ3) is 7.87. The number of nitrogens with one attached hydrogen (secondary N) is 1. The first-order chi connectivity index (χ1) is 18.4. The van der Waals surface area contributed by atoms with Crippen molar-refractivity contribution in [3.8, 4) is 0 Å². The van der Waals surface area contributed by atoms with Gasteiger partial charge in [0.1, 0.15) is 11.6 Å². The van der Waals surface area contributed by atoms with Crippen LogP contribution >= 0.6 is 0 Å². The first-order valence-electron chi connectivity index (χ1n) is 14.6. The lowest BCUT2D eigenvalue weighted by molar-refractivity contribution is -0.136. The highest BCUT2D eigenvalue weighted by molar-refractivity contribution is 6.61. The minimum atomic E-state index is -0.638. The van der Waals surface area contributed by atoms with Crippen molar-refractivity contribution in [1.29, 1.82) is 0 Å². The molecule has 2 atom stereocenters. The molecule has 2 amide bonds. The second-order valence-corrected chi connectivity index (χ2v) is 13.8. The lowest BCUT2D eigenvalue weighted by Crippen LogP contribution is -2.55. The van der Waals surface area contributed by atoms with Gasteiger partial charge in [-0.25, -0.2) is 14.8 Å². The third-order valence-corrected chi connectivity index (χ3v) is 7.95. The molecule has 10 nitrogen and oxygen atoms in total. The van der Waals surface area contributed by atoms with Crippen LogP contribution in [0, 0.1) is 11.8 Å². The predicted molar refractivity (Wildman–Crippen MR) is 158 cm³/mol. The van der Waals surface area contributed by atoms with Gasteiger partial charge in [0.25, 0.3) is 0 Å². The molecule has 2 fully saturated rings. The average Bonchev–Trinajstić information content (AvgIpc) is 3.06. The normalized spacial score (nSPS) is 21.5. The largest absolute Gasteiger partial charge is 0.498 e. The summed E-state index contributed by atoms with van der Waals surface area (Å²) in [7, 11) is -0.507. The summed E-state index contributed by atoms with van der Waals surface area (Å²) >= 11 is 0. The molecule has 0 aliphatic carbocycles. The zero-order chi connectivity index (χ0) is 30.0. The molecule has 0 spiro atoms. The van der Waals surface area contributed by atoms with Gasteiger partial charge in [-0.1, -0.05) is 13.8 Å². The number of piperidine rings is 1. The molecule has 40 heavy (non-hydrogen) atoms. The Morgan fingerprint density at radius 2 is 1.70 bits per heavy atom. The lowest BCUT2D eigenvalue weighted by atomic mass is 9.81. The number of carbonyl (C=O) groups excluding carboxylic acids is 2. The number of nitrogens with zero attached hydrogens (tertiary/aromatic N) is 4. The molecular weight excluding hydrogens is 509 g/mol. The van der Waals surface area contributed by atoms with Crippen LogP contribution in [0.4, 0.5) is 10.7 Å². The second-order valence-electron chi connectivity index (χ2n) is 13.8. The number of anilines is 1. The molecule has 224 valence electrons. The average molecular weight is 560 g/mol. The molecule has 1 aromatic rings. The zero-order valence-corrected chi connectivity index (χ0v) is 26.4. The number of likely N-dealkylation sites (tertiary alicyclic amines) is 1. The summed E-state index contributed by atoms with van der Waals surface area (Å²) in [5.41, 5.74) is -0.698. The molecule has 2 saturated heterocycles. The van der Waals surface area contributed by atoms with Gasteiger partial charge in [-0.3, -0.25) is 4.79 Å². The van der Waals surface area contributed by atoms with E-state index in [-0.39, 0.29) is 23.8 Å². The zero-order valence-electron chi connectivity index (χ0n) is 26.4. The number of carbonyl (C=O) groups is 2. The van der Waals surface area contributed by atoms with Crippen LogP contribution in [0.25, 0.3) is 0 Å². The van der Waals surface area contributed by atoms with Gasteiger partial charge in [-0.05, 0) is 87.0 Å². The fourth-order valence-electron chi connectivity index (χ4n) is 4.94. The first kappa shape index (κ1) is 32.1. The standard InChI is InChI=1S/C29H50BN5O5/c1-19(2)23(33-26(37)38-27(5,6)7)24(36)34-14-12-13-21(17-34)18-35(20(3)4)25-31-15-22(16-32-25)30-39-28(8,9)29(10,11)40-30/h15-16,19-21,23H,12-14,17-18H2,1-11H3,(H,33,37)/t21-,23-/m1/s1. The number of ether oxygens (including phenoxy) is 1. The van der Waals surface area contributed by atoms with Crippen LogP contribution in [0.2, 0.25) is 0 Å². The molecule has 3 heterocycles. The van der Waals surface area contributed by atoms with E-state index < -0.39 is 36.1 Å². The van der Waals surface area contributed by atoms with Crippen LogP contribution in [-0.2, 0) is 18.8 Å². The predicted octanol–water partition coefficient (Wildman–Crippen LogP) is 3.78. The van der Waals surface area contributed by atoms with Crippen LogP contribution in [0.15, 0.2) is 12.4 Å². The van der Waals surface area contributed by atoms with Gasteiger partial charge in [0, 0.05) is 43.5 Å². The van der Waals surface area contributed by atoms with Crippen LogP contribution in [-0.4, -0.2) is 82.5 Å². The number of hydrogen-bond donors (Lipinski definition) is 1. The molecule has 0 bridgehead atoms. The molecule has 3 rings (SSSR count). The molecule has 0 unspecified atom stereocenters. The summed E-state index contributed by atoms with van der Waals surface area (Å²) in [6.07, 6.45) is 4.91. The highest BCUT2D eigenvalue weighted by atomic mass is 16.7. The summed E-state index contributed by atoms with van der Waals surface area (Å²) in [6, 6.07) is -0.466. The van der Waals surface area contributed by atoms with Crippen molar-refractivity contribution in [3.05, 3.63) is 12.4 Å². The third-order valence-electron chi connectivity index (χ3n) is 7.95. The smallest absolute Gasteiger partial charge is 0.444 e. The summed E-state index contributed by atoms with van der Waals surface area (Å²) < 4.78 is 17.7. The monoisotopic (exact) mass is 559 g/mol. The van der Waals surface area contributed by atoms with Crippen molar-refractivity contribution in [2.45, 2.75) is 118 Å². The van der Waals surface area contributed by atoms with E-state index >= 15 is 0 Å². The molecule has 0 radical (unpaired) electrons. The first-order valence-corrected chi connectivity index (χ1v) is 14.6. The topological polar surface area (TPSA) is 106 Å². The van der Waals surface area contributed by atoms with Crippen molar-refractivity contribution in [3.63, 3.8) is 0 Å². The van der Waals surface area contributed by atoms with Crippen LogP contribution < -0.4 is 15.7 Å². The Bertz CT molecular complexity index is 1010. The maximum Gasteiger partial charge on any atom is 0.498 e. The molecule has 2 aliphatic heterocycles. The summed E-state index contributed by atoms with van der Waals surface area (Å²) in [5, 5.41) is 2.80. The number of rotatable bonds is 8. The maximum atomic E-state index is 13.5. The van der Waals surface area contributed by atoms with Gasteiger partial charge in [-0.2, -0.15) is 0 Å². The minimum Gasteiger partial charge on any atom is -0.444 e. The van der Waals surface area contributed by atoms with E-state index in [0.717, 1.165) is 24.8 Å². The number of amides is 2. The Morgan fingerprint density at radius 3 is 2.20 bits per heavy atom. The van der Waals surface area contributed by atoms with Gasteiger partial charge in [0.15, 0.2) is 0 Å². The van der Waals surface area contributed by atoms with Gasteiger partial charge in [0.2, 0.25) is 11.9 Å². The maximum absolute atomic E-state index is 13.5.